The van der Waals surface area contributed by atoms with E-state index in [9.17, 15) is 28.2 Å². The molecule has 1 saturated heterocycles. The molecule has 2 aromatic rings. The Balaban J connectivity index is 1.77. The highest BCUT2D eigenvalue weighted by molar-refractivity contribution is 7.89. The van der Waals surface area contributed by atoms with Gasteiger partial charge in [0.1, 0.15) is 23.0 Å². The van der Waals surface area contributed by atoms with E-state index in [-0.39, 0.29) is 59.4 Å². The molecule has 0 aliphatic carbocycles. The van der Waals surface area contributed by atoms with E-state index < -0.39 is 27.2 Å². The highest BCUT2D eigenvalue weighted by Gasteiger charge is 2.29. The predicted molar refractivity (Wildman–Crippen MR) is 118 cm³/mol. The van der Waals surface area contributed by atoms with Crippen molar-refractivity contribution in [2.24, 2.45) is 0 Å². The monoisotopic (exact) mass is 484 g/mol. The SMILES string of the molecule is Cc1cc(O)c(C(CCNCCS(=O)(=O)N2CCOCC2)c2c(O)cc(C)oc2=O)c(=O)o1. The van der Waals surface area contributed by atoms with Gasteiger partial charge in [0, 0.05) is 37.7 Å². The molecule has 0 amide bonds. The summed E-state index contributed by atoms with van der Waals surface area (Å²) in [6, 6.07) is 2.50. The fraction of sp³-hybridized carbons (Fsp3) is 0.524. The predicted octanol–water partition coefficient (Wildman–Crippen LogP) is 0.395. The molecule has 182 valence electrons. The lowest BCUT2D eigenvalue weighted by Gasteiger charge is -2.26. The Kier molecular flexibility index (Phi) is 7.95. The molecular weight excluding hydrogens is 456 g/mol. The van der Waals surface area contributed by atoms with Gasteiger partial charge < -0.3 is 29.1 Å². The van der Waals surface area contributed by atoms with Crippen LogP contribution in [-0.4, -0.2) is 68.1 Å². The normalized spacial score (nSPS) is 15.2. The van der Waals surface area contributed by atoms with Gasteiger partial charge in [0.15, 0.2) is 0 Å². The van der Waals surface area contributed by atoms with E-state index in [2.05, 4.69) is 5.32 Å². The highest BCUT2D eigenvalue weighted by Crippen LogP contribution is 2.34. The second-order valence-electron chi connectivity index (χ2n) is 7.81. The maximum Gasteiger partial charge on any atom is 0.343 e. The minimum Gasteiger partial charge on any atom is -0.507 e. The Labute approximate surface area is 190 Å². The van der Waals surface area contributed by atoms with E-state index in [1.54, 1.807) is 0 Å². The van der Waals surface area contributed by atoms with E-state index in [1.807, 2.05) is 0 Å². The van der Waals surface area contributed by atoms with Crippen LogP contribution in [-0.2, 0) is 14.8 Å². The van der Waals surface area contributed by atoms with Crippen molar-refractivity contribution in [3.8, 4) is 11.5 Å². The molecular formula is C21H28N2O9S. The van der Waals surface area contributed by atoms with Crippen LogP contribution in [0.1, 0.15) is 35.0 Å². The van der Waals surface area contributed by atoms with E-state index in [0.717, 1.165) is 0 Å². The molecule has 0 spiro atoms. The first-order valence-electron chi connectivity index (χ1n) is 10.5. The second kappa shape index (κ2) is 10.5. The topological polar surface area (TPSA) is 160 Å². The molecule has 0 saturated carbocycles. The zero-order valence-corrected chi connectivity index (χ0v) is 19.3. The van der Waals surface area contributed by atoms with Crippen molar-refractivity contribution in [1.82, 2.24) is 9.62 Å². The molecule has 11 nitrogen and oxygen atoms in total. The zero-order valence-electron chi connectivity index (χ0n) is 18.5. The summed E-state index contributed by atoms with van der Waals surface area (Å²) in [5.74, 6) is -1.54. The molecule has 2 aromatic heterocycles. The highest BCUT2D eigenvalue weighted by atomic mass is 32.2. The van der Waals surface area contributed by atoms with Crippen LogP contribution in [0.3, 0.4) is 0 Å². The van der Waals surface area contributed by atoms with E-state index >= 15 is 0 Å². The van der Waals surface area contributed by atoms with Crippen LogP contribution in [0.4, 0.5) is 0 Å². The van der Waals surface area contributed by atoms with Gasteiger partial charge in [-0.05, 0) is 26.8 Å². The Morgan fingerprint density at radius 3 is 1.97 bits per heavy atom. The number of ether oxygens (including phenoxy) is 1. The summed E-state index contributed by atoms with van der Waals surface area (Å²) in [5.41, 5.74) is -2.05. The zero-order chi connectivity index (χ0) is 24.2. The van der Waals surface area contributed by atoms with Gasteiger partial charge >= 0.3 is 11.3 Å². The third kappa shape index (κ3) is 6.02. The number of aromatic hydroxyl groups is 2. The Morgan fingerprint density at radius 1 is 0.970 bits per heavy atom. The molecule has 3 N–H and O–H groups in total. The molecule has 3 rings (SSSR count). The first-order valence-corrected chi connectivity index (χ1v) is 12.1. The first kappa shape index (κ1) is 25.0. The third-order valence-corrected chi connectivity index (χ3v) is 7.26. The average Bonchev–Trinajstić information content (AvgIpc) is 2.72. The molecule has 0 aromatic carbocycles. The molecule has 0 bridgehead atoms. The van der Waals surface area contributed by atoms with Crippen LogP contribution in [0.15, 0.2) is 30.6 Å². The molecule has 1 aliphatic rings. The number of aryl methyl sites for hydroxylation is 2. The molecule has 0 atom stereocenters. The average molecular weight is 485 g/mol. The summed E-state index contributed by atoms with van der Waals surface area (Å²) in [5, 5.41) is 23.8. The maximum atomic E-state index is 12.5. The standard InChI is InChI=1S/C21H28N2O9S/c1-13-11-16(24)18(20(26)31-13)15(19-17(25)12-14(2)32-21(19)27)3-4-22-5-10-33(28,29)23-6-8-30-9-7-23/h11-12,15,22,24-25H,3-10H2,1-2H3. The number of sulfonamides is 1. The van der Waals surface area contributed by atoms with Crippen molar-refractivity contribution in [2.75, 3.05) is 45.1 Å². The maximum absolute atomic E-state index is 12.5. The Hall–Kier alpha value is -2.67. The number of hydrogen-bond donors (Lipinski definition) is 3. The lowest BCUT2D eigenvalue weighted by Crippen LogP contribution is -2.43. The van der Waals surface area contributed by atoms with Crippen molar-refractivity contribution in [2.45, 2.75) is 26.2 Å². The van der Waals surface area contributed by atoms with Gasteiger partial charge in [-0.3, -0.25) is 0 Å². The van der Waals surface area contributed by atoms with Crippen molar-refractivity contribution in [1.29, 1.82) is 0 Å². The second-order valence-corrected chi connectivity index (χ2v) is 9.89. The van der Waals surface area contributed by atoms with Crippen LogP contribution < -0.4 is 16.6 Å². The van der Waals surface area contributed by atoms with Crippen LogP contribution in [0, 0.1) is 13.8 Å². The summed E-state index contributed by atoms with van der Waals surface area (Å²) in [6.45, 7) is 4.66. The molecule has 0 radical (unpaired) electrons. The fourth-order valence-corrected chi connectivity index (χ4v) is 5.18. The van der Waals surface area contributed by atoms with E-state index in [1.165, 1.54) is 30.3 Å². The van der Waals surface area contributed by atoms with Crippen molar-refractivity contribution < 1.29 is 32.2 Å². The molecule has 33 heavy (non-hydrogen) atoms. The molecule has 1 fully saturated rings. The van der Waals surface area contributed by atoms with Gasteiger partial charge in [-0.25, -0.2) is 18.0 Å². The van der Waals surface area contributed by atoms with Crippen LogP contribution >= 0.6 is 0 Å². The van der Waals surface area contributed by atoms with Crippen LogP contribution in [0.2, 0.25) is 0 Å². The van der Waals surface area contributed by atoms with Crippen LogP contribution in [0.5, 0.6) is 11.5 Å². The van der Waals surface area contributed by atoms with Crippen molar-refractivity contribution in [3.63, 3.8) is 0 Å². The quantitative estimate of drug-likeness (QED) is 0.425. The smallest absolute Gasteiger partial charge is 0.343 e. The minimum atomic E-state index is -3.44. The summed E-state index contributed by atoms with van der Waals surface area (Å²) in [7, 11) is -3.44. The first-order chi connectivity index (χ1) is 15.6. The molecule has 1 aliphatic heterocycles. The van der Waals surface area contributed by atoms with Gasteiger partial charge in [-0.15, -0.1) is 0 Å². The Morgan fingerprint density at radius 2 is 1.48 bits per heavy atom. The van der Waals surface area contributed by atoms with Gasteiger partial charge in [0.25, 0.3) is 0 Å². The summed E-state index contributed by atoms with van der Waals surface area (Å²) in [4.78, 5) is 25.0. The van der Waals surface area contributed by atoms with Crippen molar-refractivity contribution >= 4 is 10.0 Å². The minimum absolute atomic E-state index is 0.0837. The molecule has 3 heterocycles. The van der Waals surface area contributed by atoms with Gasteiger partial charge in [0.2, 0.25) is 10.0 Å². The lowest BCUT2D eigenvalue weighted by atomic mass is 9.89. The number of nitrogens with zero attached hydrogens (tertiary/aromatic N) is 1. The van der Waals surface area contributed by atoms with E-state index in [4.69, 9.17) is 13.6 Å². The summed E-state index contributed by atoms with van der Waals surface area (Å²) >= 11 is 0. The fourth-order valence-electron chi connectivity index (χ4n) is 3.81. The summed E-state index contributed by atoms with van der Waals surface area (Å²) in [6.07, 6.45) is 0.0837. The number of morpholine rings is 1. The van der Waals surface area contributed by atoms with Crippen LogP contribution in [0.25, 0.3) is 0 Å². The van der Waals surface area contributed by atoms with Gasteiger partial charge in [-0.2, -0.15) is 4.31 Å². The summed E-state index contributed by atoms with van der Waals surface area (Å²) < 4.78 is 41.6. The van der Waals surface area contributed by atoms with Crippen molar-refractivity contribution in [3.05, 3.63) is 55.6 Å². The molecule has 0 unspecified atom stereocenters. The lowest BCUT2D eigenvalue weighted by molar-refractivity contribution is 0.0730. The van der Waals surface area contributed by atoms with E-state index in [0.29, 0.717) is 26.3 Å². The molecule has 12 heteroatoms. The Bertz CT molecular complexity index is 1130. The number of nitrogens with one attached hydrogen (secondary N) is 1. The number of hydrogen-bond acceptors (Lipinski definition) is 10. The number of rotatable bonds is 9. The largest absolute Gasteiger partial charge is 0.507 e. The third-order valence-electron chi connectivity index (χ3n) is 5.39. The van der Waals surface area contributed by atoms with Gasteiger partial charge in [0.05, 0.1) is 30.1 Å². The van der Waals surface area contributed by atoms with Gasteiger partial charge in [-0.1, -0.05) is 0 Å².